The topological polar surface area (TPSA) is 84.7 Å². The fourth-order valence-electron chi connectivity index (χ4n) is 2.43. The van der Waals surface area contributed by atoms with Crippen molar-refractivity contribution in [2.24, 2.45) is 11.8 Å². The van der Waals surface area contributed by atoms with Gasteiger partial charge in [-0.25, -0.2) is 0 Å². The highest BCUT2D eigenvalue weighted by molar-refractivity contribution is 7.86. The number of nitriles is 1. The summed E-state index contributed by atoms with van der Waals surface area (Å²) < 4.78 is 27.7. The summed E-state index contributed by atoms with van der Waals surface area (Å²) in [6, 6.07) is 2.04. The Bertz CT molecular complexity index is 527. The lowest BCUT2D eigenvalue weighted by Crippen LogP contribution is -2.45. The molecule has 1 unspecified atom stereocenters. The summed E-state index contributed by atoms with van der Waals surface area (Å²) in [4.78, 5) is 13.8. The minimum Gasteiger partial charge on any atom is -0.341 e. The normalized spacial score (nSPS) is 19.0. The molecular formula is C14H26N4O3S. The van der Waals surface area contributed by atoms with Crippen LogP contribution in [0.3, 0.4) is 0 Å². The molecule has 22 heavy (non-hydrogen) atoms. The lowest BCUT2D eigenvalue weighted by Gasteiger charge is -2.27. The van der Waals surface area contributed by atoms with Crippen LogP contribution in [0.2, 0.25) is 0 Å². The highest BCUT2D eigenvalue weighted by atomic mass is 32.2. The summed E-state index contributed by atoms with van der Waals surface area (Å²) in [7, 11) is -2.09. The van der Waals surface area contributed by atoms with Gasteiger partial charge in [-0.3, -0.25) is 4.79 Å². The third kappa shape index (κ3) is 4.66. The zero-order chi connectivity index (χ0) is 16.9. The van der Waals surface area contributed by atoms with E-state index >= 15 is 0 Å². The van der Waals surface area contributed by atoms with Gasteiger partial charge in [0.25, 0.3) is 10.2 Å². The Kier molecular flexibility index (Phi) is 6.78. The summed E-state index contributed by atoms with van der Waals surface area (Å²) in [6.45, 7) is 7.25. The monoisotopic (exact) mass is 330 g/mol. The molecular weight excluding hydrogens is 304 g/mol. The van der Waals surface area contributed by atoms with E-state index in [4.69, 9.17) is 5.26 Å². The first-order valence-electron chi connectivity index (χ1n) is 7.60. The largest absolute Gasteiger partial charge is 0.341 e. The van der Waals surface area contributed by atoms with Crippen molar-refractivity contribution in [3.63, 3.8) is 0 Å². The maximum atomic E-state index is 12.5. The standard InChI is InChI=1S/C14H26N4O3S/c1-12(2)14(19)17-6-5-7-18(9-8-17)22(20,21)16(4)11-13(3)10-15/h12-13H,5-9,11H2,1-4H3. The Balaban J connectivity index is 2.74. The Morgan fingerprint density at radius 2 is 1.86 bits per heavy atom. The van der Waals surface area contributed by atoms with E-state index in [1.807, 2.05) is 19.9 Å². The molecule has 1 atom stereocenters. The number of hydrogen-bond donors (Lipinski definition) is 0. The molecule has 1 aliphatic rings. The summed E-state index contributed by atoms with van der Waals surface area (Å²) in [5, 5.41) is 8.82. The quantitative estimate of drug-likeness (QED) is 0.735. The summed E-state index contributed by atoms with van der Waals surface area (Å²) >= 11 is 0. The molecule has 0 aliphatic carbocycles. The predicted molar refractivity (Wildman–Crippen MR) is 83.9 cm³/mol. The van der Waals surface area contributed by atoms with Crippen LogP contribution in [0.5, 0.6) is 0 Å². The maximum Gasteiger partial charge on any atom is 0.281 e. The van der Waals surface area contributed by atoms with Gasteiger partial charge in [0.2, 0.25) is 5.91 Å². The molecule has 0 aromatic rings. The van der Waals surface area contributed by atoms with Crippen LogP contribution < -0.4 is 0 Å². The second-order valence-electron chi connectivity index (χ2n) is 6.05. The van der Waals surface area contributed by atoms with Gasteiger partial charge in [0.05, 0.1) is 12.0 Å². The average molecular weight is 330 g/mol. The molecule has 1 saturated heterocycles. The molecule has 126 valence electrons. The van der Waals surface area contributed by atoms with Crippen LogP contribution in [0.25, 0.3) is 0 Å². The second-order valence-corrected chi connectivity index (χ2v) is 8.09. The number of nitrogens with zero attached hydrogens (tertiary/aromatic N) is 4. The number of rotatable bonds is 5. The summed E-state index contributed by atoms with van der Waals surface area (Å²) in [5.74, 6) is -0.376. The summed E-state index contributed by atoms with van der Waals surface area (Å²) in [5.41, 5.74) is 0. The SMILES string of the molecule is CC(C#N)CN(C)S(=O)(=O)N1CCCN(C(=O)C(C)C)CC1. The molecule has 0 N–H and O–H groups in total. The van der Waals surface area contributed by atoms with Crippen molar-refractivity contribution in [3.05, 3.63) is 0 Å². The van der Waals surface area contributed by atoms with E-state index in [1.54, 1.807) is 11.8 Å². The smallest absolute Gasteiger partial charge is 0.281 e. The van der Waals surface area contributed by atoms with Crippen molar-refractivity contribution in [2.45, 2.75) is 27.2 Å². The molecule has 7 nitrogen and oxygen atoms in total. The zero-order valence-electron chi connectivity index (χ0n) is 13.8. The van der Waals surface area contributed by atoms with Crippen LogP contribution in [0.4, 0.5) is 0 Å². The Morgan fingerprint density at radius 3 is 2.41 bits per heavy atom. The van der Waals surface area contributed by atoms with E-state index in [-0.39, 0.29) is 24.3 Å². The lowest BCUT2D eigenvalue weighted by atomic mass is 10.2. The van der Waals surface area contributed by atoms with E-state index in [0.717, 1.165) is 0 Å². The molecule has 0 spiro atoms. The van der Waals surface area contributed by atoms with Gasteiger partial charge < -0.3 is 4.90 Å². The second kappa shape index (κ2) is 7.90. The third-order valence-electron chi connectivity index (χ3n) is 3.73. The highest BCUT2D eigenvalue weighted by Gasteiger charge is 2.30. The minimum atomic E-state index is -3.58. The van der Waals surface area contributed by atoms with Crippen LogP contribution in [-0.4, -0.2) is 67.6 Å². The first-order chi connectivity index (χ1) is 10.2. The molecule has 1 heterocycles. The zero-order valence-corrected chi connectivity index (χ0v) is 14.6. The number of carbonyl (C=O) groups is 1. The van der Waals surface area contributed by atoms with Gasteiger partial charge >= 0.3 is 0 Å². The van der Waals surface area contributed by atoms with E-state index in [0.29, 0.717) is 32.6 Å². The van der Waals surface area contributed by atoms with Crippen molar-refractivity contribution < 1.29 is 13.2 Å². The van der Waals surface area contributed by atoms with Crippen LogP contribution in [0, 0.1) is 23.2 Å². The molecule has 1 amide bonds. The number of amides is 1. The fraction of sp³-hybridized carbons (Fsp3) is 0.857. The van der Waals surface area contributed by atoms with Gasteiger partial charge in [-0.05, 0) is 13.3 Å². The molecule has 0 radical (unpaired) electrons. The van der Waals surface area contributed by atoms with E-state index in [9.17, 15) is 13.2 Å². The van der Waals surface area contributed by atoms with Crippen LogP contribution >= 0.6 is 0 Å². The van der Waals surface area contributed by atoms with E-state index in [2.05, 4.69) is 0 Å². The molecule has 0 saturated carbocycles. The molecule has 0 bridgehead atoms. The molecule has 8 heteroatoms. The third-order valence-corrected chi connectivity index (χ3v) is 5.69. The maximum absolute atomic E-state index is 12.5. The van der Waals surface area contributed by atoms with Crippen LogP contribution in [0.1, 0.15) is 27.2 Å². The highest BCUT2D eigenvalue weighted by Crippen LogP contribution is 2.14. The van der Waals surface area contributed by atoms with Gasteiger partial charge in [0.1, 0.15) is 0 Å². The van der Waals surface area contributed by atoms with Crippen molar-refractivity contribution in [3.8, 4) is 6.07 Å². The van der Waals surface area contributed by atoms with Gasteiger partial charge in [-0.2, -0.15) is 22.3 Å². The lowest BCUT2D eigenvalue weighted by molar-refractivity contribution is -0.134. The molecule has 1 rings (SSSR count). The Hall–Kier alpha value is -1.17. The molecule has 1 aliphatic heterocycles. The van der Waals surface area contributed by atoms with Crippen LogP contribution in [0.15, 0.2) is 0 Å². The summed E-state index contributed by atoms with van der Waals surface area (Å²) in [6.07, 6.45) is 0.624. The van der Waals surface area contributed by atoms with Crippen molar-refractivity contribution in [1.29, 1.82) is 5.26 Å². The van der Waals surface area contributed by atoms with Crippen LogP contribution in [-0.2, 0) is 15.0 Å². The molecule has 0 aromatic carbocycles. The molecule has 1 fully saturated rings. The van der Waals surface area contributed by atoms with Gasteiger partial charge in [0, 0.05) is 45.7 Å². The fourth-order valence-corrected chi connectivity index (χ4v) is 3.91. The number of hydrogen-bond acceptors (Lipinski definition) is 4. The van der Waals surface area contributed by atoms with Gasteiger partial charge in [0.15, 0.2) is 0 Å². The average Bonchev–Trinajstić information content (AvgIpc) is 2.72. The Labute approximate surface area is 133 Å². The van der Waals surface area contributed by atoms with Gasteiger partial charge in [-0.1, -0.05) is 13.8 Å². The first kappa shape index (κ1) is 18.9. The van der Waals surface area contributed by atoms with E-state index in [1.165, 1.54) is 15.7 Å². The Morgan fingerprint density at radius 1 is 1.23 bits per heavy atom. The molecule has 0 aromatic heterocycles. The van der Waals surface area contributed by atoms with Gasteiger partial charge in [-0.15, -0.1) is 0 Å². The van der Waals surface area contributed by atoms with Crippen molar-refractivity contribution >= 4 is 16.1 Å². The van der Waals surface area contributed by atoms with E-state index < -0.39 is 10.2 Å². The van der Waals surface area contributed by atoms with Crippen molar-refractivity contribution in [1.82, 2.24) is 13.5 Å². The predicted octanol–water partition coefficient (Wildman–Crippen LogP) is 0.513. The minimum absolute atomic E-state index is 0.0608. The first-order valence-corrected chi connectivity index (χ1v) is 8.99. The number of carbonyl (C=O) groups excluding carboxylic acids is 1. The van der Waals surface area contributed by atoms with Crippen molar-refractivity contribution in [2.75, 3.05) is 39.8 Å².